The molecule has 128 valence electrons. The fraction of sp³-hybridized carbons (Fsp3) is 0.167. The summed E-state index contributed by atoms with van der Waals surface area (Å²) in [6.07, 6.45) is -2.90. The summed E-state index contributed by atoms with van der Waals surface area (Å²) in [5, 5.41) is 4.25. The summed E-state index contributed by atoms with van der Waals surface area (Å²) in [7, 11) is 0. The van der Waals surface area contributed by atoms with Gasteiger partial charge in [-0.15, -0.1) is 0 Å². The van der Waals surface area contributed by atoms with Crippen molar-refractivity contribution in [2.75, 3.05) is 0 Å². The first-order chi connectivity index (χ1) is 11.9. The Hall–Kier alpha value is -2.83. The van der Waals surface area contributed by atoms with Crippen LogP contribution in [0, 0.1) is 11.3 Å². The maximum Gasteiger partial charge on any atom is 0.416 e. The number of fused-ring (bicyclic) bond motifs is 1. The summed E-state index contributed by atoms with van der Waals surface area (Å²) >= 11 is 0. The van der Waals surface area contributed by atoms with Crippen molar-refractivity contribution in [3.8, 4) is 0 Å². The van der Waals surface area contributed by atoms with Crippen molar-refractivity contribution in [3.05, 3.63) is 77.2 Å². The molecule has 25 heavy (non-hydrogen) atoms. The van der Waals surface area contributed by atoms with E-state index in [1.807, 2.05) is 24.3 Å². The molecule has 3 nitrogen and oxygen atoms in total. The second-order valence-corrected chi connectivity index (χ2v) is 5.61. The average molecular weight is 347 g/mol. The molecule has 0 aliphatic rings. The fourth-order valence-corrected chi connectivity index (χ4v) is 2.75. The third kappa shape index (κ3) is 3.65. The van der Waals surface area contributed by atoms with Crippen LogP contribution < -0.4 is 0 Å². The zero-order valence-electron chi connectivity index (χ0n) is 12.9. The minimum absolute atomic E-state index is 0.0169. The molecule has 1 heterocycles. The Labute approximate surface area is 140 Å². The first kappa shape index (κ1) is 17.0. The van der Waals surface area contributed by atoms with Gasteiger partial charge in [-0.3, -0.25) is 4.98 Å². The van der Waals surface area contributed by atoms with E-state index in [2.05, 4.69) is 10.1 Å². The number of hydrogen-bond donors (Lipinski definition) is 1. The van der Waals surface area contributed by atoms with Gasteiger partial charge in [0.25, 0.3) is 0 Å². The van der Waals surface area contributed by atoms with Gasteiger partial charge < -0.3 is 0 Å². The summed E-state index contributed by atoms with van der Waals surface area (Å²) in [6, 6.07) is 10.4. The monoisotopic (exact) mass is 347 g/mol. The highest BCUT2D eigenvalue weighted by Crippen LogP contribution is 2.33. The third-order valence-electron chi connectivity index (χ3n) is 3.94. The van der Waals surface area contributed by atoms with E-state index in [1.54, 1.807) is 12.3 Å². The molecule has 0 saturated heterocycles. The first-order valence-electron chi connectivity index (χ1n) is 7.45. The molecule has 0 aliphatic heterocycles. The van der Waals surface area contributed by atoms with Crippen molar-refractivity contribution in [2.45, 2.75) is 18.6 Å². The molecule has 1 atom stereocenters. The maximum absolute atomic E-state index is 13.6. The maximum atomic E-state index is 13.6. The van der Waals surface area contributed by atoms with Crippen LogP contribution in [0.1, 0.15) is 22.7 Å². The van der Waals surface area contributed by atoms with Gasteiger partial charge in [0.2, 0.25) is 0 Å². The highest BCUT2D eigenvalue weighted by molar-refractivity contribution is 5.81. The lowest BCUT2D eigenvalue weighted by Crippen LogP contribution is -2.08. The zero-order chi connectivity index (χ0) is 18.0. The van der Waals surface area contributed by atoms with E-state index in [0.29, 0.717) is 6.07 Å². The van der Waals surface area contributed by atoms with Crippen LogP contribution in [0.2, 0.25) is 0 Å². The lowest BCUT2D eigenvalue weighted by Gasteiger charge is -2.15. The van der Waals surface area contributed by atoms with Crippen LogP contribution in [0.5, 0.6) is 0 Å². The molecule has 1 aromatic heterocycles. The van der Waals surface area contributed by atoms with Crippen LogP contribution in [0.3, 0.4) is 0 Å². The lowest BCUT2D eigenvalue weighted by atomic mass is 9.96. The number of rotatable bonds is 4. The van der Waals surface area contributed by atoms with Crippen molar-refractivity contribution in [1.82, 2.24) is 4.98 Å². The van der Waals surface area contributed by atoms with Gasteiger partial charge in [0.05, 0.1) is 17.1 Å². The van der Waals surface area contributed by atoms with Gasteiger partial charge >= 0.3 is 6.18 Å². The predicted molar refractivity (Wildman–Crippen MR) is 84.7 cm³/mol. The standard InChI is InChI=1S/C18H13F4N3/c19-14-8-12(7-13(10-14)18(20,21)22)17(25-23)9-11-5-6-24-16-4-2-1-3-15(11)16/h1-8,10,17,23H,9H2. The summed E-state index contributed by atoms with van der Waals surface area (Å²) in [5.41, 5.74) is 7.80. The normalized spacial score (nSPS) is 13.0. The van der Waals surface area contributed by atoms with Gasteiger partial charge in [-0.1, -0.05) is 18.2 Å². The topological polar surface area (TPSA) is 49.1 Å². The molecule has 1 N–H and O–H groups in total. The zero-order valence-corrected chi connectivity index (χ0v) is 12.9. The van der Waals surface area contributed by atoms with Crippen molar-refractivity contribution >= 4 is 10.9 Å². The van der Waals surface area contributed by atoms with Crippen LogP contribution in [0.15, 0.2) is 59.8 Å². The number of aromatic nitrogens is 1. The Morgan fingerprint density at radius 3 is 2.56 bits per heavy atom. The van der Waals surface area contributed by atoms with E-state index >= 15 is 0 Å². The Morgan fingerprint density at radius 2 is 1.84 bits per heavy atom. The fourth-order valence-electron chi connectivity index (χ4n) is 2.75. The largest absolute Gasteiger partial charge is 0.416 e. The summed E-state index contributed by atoms with van der Waals surface area (Å²) in [6.45, 7) is 0. The molecule has 7 heteroatoms. The number of nitrogens with one attached hydrogen (secondary N) is 1. The minimum atomic E-state index is -4.66. The highest BCUT2D eigenvalue weighted by Gasteiger charge is 2.32. The molecule has 2 aromatic carbocycles. The minimum Gasteiger partial charge on any atom is -0.256 e. The van der Waals surface area contributed by atoms with Crippen molar-refractivity contribution < 1.29 is 17.6 Å². The molecule has 0 aliphatic carbocycles. The van der Waals surface area contributed by atoms with Crippen LogP contribution >= 0.6 is 0 Å². The van der Waals surface area contributed by atoms with Crippen molar-refractivity contribution in [3.63, 3.8) is 0 Å². The van der Waals surface area contributed by atoms with Crippen molar-refractivity contribution in [2.24, 2.45) is 5.11 Å². The van der Waals surface area contributed by atoms with Gasteiger partial charge in [-0.2, -0.15) is 18.3 Å². The molecule has 0 fully saturated rings. The van der Waals surface area contributed by atoms with E-state index in [-0.39, 0.29) is 12.0 Å². The van der Waals surface area contributed by atoms with Crippen LogP contribution in [0.4, 0.5) is 17.6 Å². The second kappa shape index (κ2) is 6.58. The second-order valence-electron chi connectivity index (χ2n) is 5.61. The molecule has 3 aromatic rings. The number of benzene rings is 2. The molecule has 3 rings (SSSR count). The summed E-state index contributed by atoms with van der Waals surface area (Å²) < 4.78 is 52.3. The number of hydrogen-bond acceptors (Lipinski definition) is 3. The Morgan fingerprint density at radius 1 is 1.08 bits per heavy atom. The SMILES string of the molecule is N=NC(Cc1ccnc2ccccc12)c1cc(F)cc(C(F)(F)F)c1. The highest BCUT2D eigenvalue weighted by atomic mass is 19.4. The van der Waals surface area contributed by atoms with Crippen LogP contribution in [0.25, 0.3) is 10.9 Å². The number of alkyl halides is 3. The van der Waals surface area contributed by atoms with Crippen LogP contribution in [-0.2, 0) is 12.6 Å². The summed E-state index contributed by atoms with van der Waals surface area (Å²) in [5.74, 6) is -1.00. The smallest absolute Gasteiger partial charge is 0.256 e. The third-order valence-corrected chi connectivity index (χ3v) is 3.94. The molecule has 0 spiro atoms. The van der Waals surface area contributed by atoms with E-state index in [1.165, 1.54) is 0 Å². The summed E-state index contributed by atoms with van der Waals surface area (Å²) in [4.78, 5) is 4.22. The van der Waals surface area contributed by atoms with Crippen LogP contribution in [-0.4, -0.2) is 4.98 Å². The van der Waals surface area contributed by atoms with E-state index in [9.17, 15) is 17.6 Å². The number of para-hydroxylation sites is 1. The molecule has 0 bridgehead atoms. The molecule has 1 unspecified atom stereocenters. The Kier molecular flexibility index (Phi) is 4.48. The Balaban J connectivity index is 2.01. The van der Waals surface area contributed by atoms with E-state index < -0.39 is 23.6 Å². The number of nitrogens with zero attached hydrogens (tertiary/aromatic N) is 2. The number of halogens is 4. The van der Waals surface area contributed by atoms with Gasteiger partial charge in [0, 0.05) is 18.0 Å². The molecular weight excluding hydrogens is 334 g/mol. The lowest BCUT2D eigenvalue weighted by molar-refractivity contribution is -0.137. The molecule has 0 radical (unpaired) electrons. The van der Waals surface area contributed by atoms with Gasteiger partial charge in [-0.05, 0) is 41.5 Å². The van der Waals surface area contributed by atoms with Gasteiger partial charge in [0.1, 0.15) is 5.82 Å². The quantitative estimate of drug-likeness (QED) is 0.477. The van der Waals surface area contributed by atoms with Gasteiger partial charge in [0.15, 0.2) is 0 Å². The molecular formula is C18H13F4N3. The van der Waals surface area contributed by atoms with E-state index in [0.717, 1.165) is 28.6 Å². The Bertz CT molecular complexity index is 916. The predicted octanol–water partition coefficient (Wildman–Crippen LogP) is 5.71. The average Bonchev–Trinajstić information content (AvgIpc) is 2.58. The molecule has 0 saturated carbocycles. The molecule has 0 amide bonds. The van der Waals surface area contributed by atoms with Gasteiger partial charge in [-0.25, -0.2) is 9.92 Å². The first-order valence-corrected chi connectivity index (χ1v) is 7.45. The number of pyridine rings is 1. The van der Waals surface area contributed by atoms with E-state index in [4.69, 9.17) is 5.53 Å². The van der Waals surface area contributed by atoms with Crippen molar-refractivity contribution in [1.29, 1.82) is 5.53 Å².